The molecule has 1 saturated heterocycles. The van der Waals surface area contributed by atoms with E-state index < -0.39 is 0 Å². The number of halogens is 1. The topological polar surface area (TPSA) is 41.1 Å². The molecular formula is C17H27ClN2O. The fourth-order valence-corrected chi connectivity index (χ4v) is 2.88. The van der Waals surface area contributed by atoms with Crippen molar-refractivity contribution in [2.75, 3.05) is 18.4 Å². The molecule has 0 aliphatic carbocycles. The Balaban J connectivity index is 0.00000220. The molecule has 1 aliphatic rings. The molecule has 1 aliphatic heterocycles. The summed E-state index contributed by atoms with van der Waals surface area (Å²) in [5.74, 6) is 1.11. The van der Waals surface area contributed by atoms with E-state index in [-0.39, 0.29) is 18.3 Å². The van der Waals surface area contributed by atoms with Gasteiger partial charge in [0.1, 0.15) is 0 Å². The molecule has 0 saturated carbocycles. The van der Waals surface area contributed by atoms with E-state index >= 15 is 0 Å². The van der Waals surface area contributed by atoms with Crippen LogP contribution in [-0.2, 0) is 4.79 Å². The molecule has 21 heavy (non-hydrogen) atoms. The van der Waals surface area contributed by atoms with Crippen molar-refractivity contribution in [2.24, 2.45) is 5.92 Å². The predicted octanol–water partition coefficient (Wildman–Crippen LogP) is 3.87. The number of hydrogen-bond donors (Lipinski definition) is 2. The molecule has 2 N–H and O–H groups in total. The number of rotatable bonds is 4. The maximum atomic E-state index is 12.3. The predicted molar refractivity (Wildman–Crippen MR) is 91.4 cm³/mol. The average molecular weight is 311 g/mol. The molecule has 1 fully saturated rings. The molecule has 0 unspecified atom stereocenters. The first kappa shape index (κ1) is 18.0. The van der Waals surface area contributed by atoms with Crippen LogP contribution in [-0.4, -0.2) is 19.0 Å². The largest absolute Gasteiger partial charge is 0.326 e. The number of benzene rings is 1. The summed E-state index contributed by atoms with van der Waals surface area (Å²) in [6.45, 7) is 8.47. The molecule has 0 spiro atoms. The van der Waals surface area contributed by atoms with Gasteiger partial charge in [0.25, 0.3) is 0 Å². The fraction of sp³-hybridized carbons (Fsp3) is 0.588. The van der Waals surface area contributed by atoms with Gasteiger partial charge in [0.2, 0.25) is 5.91 Å². The lowest BCUT2D eigenvalue weighted by Crippen LogP contribution is -2.30. The smallest absolute Gasteiger partial charge is 0.224 e. The highest BCUT2D eigenvalue weighted by atomic mass is 35.5. The van der Waals surface area contributed by atoms with Crippen molar-refractivity contribution in [3.05, 3.63) is 29.3 Å². The van der Waals surface area contributed by atoms with Crippen LogP contribution in [0.5, 0.6) is 0 Å². The molecule has 4 heteroatoms. The Kier molecular flexibility index (Phi) is 7.20. The van der Waals surface area contributed by atoms with Crippen molar-refractivity contribution in [3.8, 4) is 0 Å². The summed E-state index contributed by atoms with van der Waals surface area (Å²) < 4.78 is 0. The molecule has 118 valence electrons. The molecule has 0 bridgehead atoms. The third-order valence-electron chi connectivity index (χ3n) is 4.12. The van der Waals surface area contributed by atoms with Gasteiger partial charge in [-0.2, -0.15) is 0 Å². The number of anilines is 1. The van der Waals surface area contributed by atoms with E-state index in [0.29, 0.717) is 18.3 Å². The number of para-hydroxylation sites is 1. The van der Waals surface area contributed by atoms with Crippen LogP contribution in [0, 0.1) is 12.8 Å². The molecule has 0 radical (unpaired) electrons. The quantitative estimate of drug-likeness (QED) is 0.886. The lowest BCUT2D eigenvalue weighted by molar-refractivity contribution is -0.117. The minimum atomic E-state index is 0. The van der Waals surface area contributed by atoms with E-state index in [1.54, 1.807) is 0 Å². The first-order chi connectivity index (χ1) is 9.58. The zero-order valence-electron chi connectivity index (χ0n) is 13.2. The van der Waals surface area contributed by atoms with Gasteiger partial charge in [-0.15, -0.1) is 12.4 Å². The van der Waals surface area contributed by atoms with Crippen LogP contribution in [0.15, 0.2) is 18.2 Å². The second kappa shape index (κ2) is 8.40. The van der Waals surface area contributed by atoms with Crippen LogP contribution in [0.3, 0.4) is 0 Å². The van der Waals surface area contributed by atoms with Crippen LogP contribution in [0.1, 0.15) is 50.2 Å². The highest BCUT2D eigenvalue weighted by molar-refractivity contribution is 5.92. The molecule has 1 aromatic rings. The Morgan fingerprint density at radius 2 is 2.00 bits per heavy atom. The van der Waals surface area contributed by atoms with Gasteiger partial charge < -0.3 is 10.6 Å². The third kappa shape index (κ3) is 5.01. The summed E-state index contributed by atoms with van der Waals surface area (Å²) in [5.41, 5.74) is 3.39. The molecular weight excluding hydrogens is 284 g/mol. The number of carbonyl (C=O) groups is 1. The molecule has 0 atom stereocenters. The third-order valence-corrected chi connectivity index (χ3v) is 4.12. The minimum Gasteiger partial charge on any atom is -0.326 e. The summed E-state index contributed by atoms with van der Waals surface area (Å²) in [6.07, 6.45) is 2.87. The van der Waals surface area contributed by atoms with E-state index in [2.05, 4.69) is 49.6 Å². The molecule has 2 rings (SSSR count). The first-order valence-electron chi connectivity index (χ1n) is 7.68. The van der Waals surface area contributed by atoms with Gasteiger partial charge >= 0.3 is 0 Å². The Morgan fingerprint density at radius 3 is 2.62 bits per heavy atom. The molecule has 1 heterocycles. The van der Waals surface area contributed by atoms with E-state index in [1.807, 2.05) is 0 Å². The summed E-state index contributed by atoms with van der Waals surface area (Å²) >= 11 is 0. The summed E-state index contributed by atoms with van der Waals surface area (Å²) in [4.78, 5) is 12.3. The van der Waals surface area contributed by atoms with Crippen LogP contribution in [0.2, 0.25) is 0 Å². The van der Waals surface area contributed by atoms with E-state index in [0.717, 1.165) is 37.2 Å². The minimum absolute atomic E-state index is 0. The number of piperidine rings is 1. The Labute approximate surface area is 134 Å². The van der Waals surface area contributed by atoms with E-state index in [1.165, 1.54) is 5.56 Å². The lowest BCUT2D eigenvalue weighted by atomic mass is 9.93. The number of carbonyl (C=O) groups excluding carboxylic acids is 1. The van der Waals surface area contributed by atoms with Crippen LogP contribution in [0.4, 0.5) is 5.69 Å². The fourth-order valence-electron chi connectivity index (χ4n) is 2.88. The van der Waals surface area contributed by atoms with Crippen molar-refractivity contribution >= 4 is 24.0 Å². The zero-order chi connectivity index (χ0) is 14.5. The van der Waals surface area contributed by atoms with Crippen molar-refractivity contribution in [1.82, 2.24) is 5.32 Å². The van der Waals surface area contributed by atoms with Gasteiger partial charge in [-0.3, -0.25) is 4.79 Å². The number of hydrogen-bond acceptors (Lipinski definition) is 2. The van der Waals surface area contributed by atoms with Gasteiger partial charge in [0.15, 0.2) is 0 Å². The van der Waals surface area contributed by atoms with E-state index in [9.17, 15) is 4.79 Å². The van der Waals surface area contributed by atoms with Gasteiger partial charge in [-0.05, 0) is 55.8 Å². The van der Waals surface area contributed by atoms with Crippen LogP contribution < -0.4 is 10.6 Å². The van der Waals surface area contributed by atoms with Gasteiger partial charge in [0.05, 0.1) is 0 Å². The summed E-state index contributed by atoms with van der Waals surface area (Å²) in [5, 5.41) is 6.49. The number of nitrogens with one attached hydrogen (secondary N) is 2. The molecule has 1 amide bonds. The Morgan fingerprint density at radius 1 is 1.33 bits per heavy atom. The monoisotopic (exact) mass is 310 g/mol. The van der Waals surface area contributed by atoms with Gasteiger partial charge in [0, 0.05) is 12.1 Å². The average Bonchev–Trinajstić information content (AvgIpc) is 2.42. The van der Waals surface area contributed by atoms with Crippen molar-refractivity contribution in [1.29, 1.82) is 0 Å². The maximum Gasteiger partial charge on any atom is 0.224 e. The van der Waals surface area contributed by atoms with Gasteiger partial charge in [-0.1, -0.05) is 32.0 Å². The standard InChI is InChI=1S/C17H26N2O.ClH/c1-12(2)15-6-4-5-13(3)17(15)19-16(20)11-14-7-9-18-10-8-14;/h4-6,12,14,18H,7-11H2,1-3H3,(H,19,20);1H. The van der Waals surface area contributed by atoms with Crippen LogP contribution in [0.25, 0.3) is 0 Å². The maximum absolute atomic E-state index is 12.3. The Bertz CT molecular complexity index is 468. The highest BCUT2D eigenvalue weighted by Gasteiger charge is 2.18. The summed E-state index contributed by atoms with van der Waals surface area (Å²) in [7, 11) is 0. The molecule has 3 nitrogen and oxygen atoms in total. The Hall–Kier alpha value is -1.06. The number of aryl methyl sites for hydroxylation is 1. The number of amides is 1. The lowest BCUT2D eigenvalue weighted by Gasteiger charge is -2.23. The first-order valence-corrected chi connectivity index (χ1v) is 7.68. The SMILES string of the molecule is Cc1cccc(C(C)C)c1NC(=O)CC1CCNCC1.Cl. The van der Waals surface area contributed by atoms with Crippen LogP contribution >= 0.6 is 12.4 Å². The second-order valence-corrected chi connectivity index (χ2v) is 6.14. The molecule has 1 aromatic carbocycles. The highest BCUT2D eigenvalue weighted by Crippen LogP contribution is 2.28. The normalized spacial score (nSPS) is 15.6. The molecule has 0 aromatic heterocycles. The van der Waals surface area contributed by atoms with Crippen molar-refractivity contribution in [3.63, 3.8) is 0 Å². The summed E-state index contributed by atoms with van der Waals surface area (Å²) in [6, 6.07) is 6.23. The van der Waals surface area contributed by atoms with E-state index in [4.69, 9.17) is 0 Å². The van der Waals surface area contributed by atoms with Crippen molar-refractivity contribution < 1.29 is 4.79 Å². The van der Waals surface area contributed by atoms with Gasteiger partial charge in [-0.25, -0.2) is 0 Å². The second-order valence-electron chi connectivity index (χ2n) is 6.14. The van der Waals surface area contributed by atoms with Crippen molar-refractivity contribution in [2.45, 2.75) is 46.0 Å². The zero-order valence-corrected chi connectivity index (χ0v) is 14.1.